The van der Waals surface area contributed by atoms with Crippen molar-refractivity contribution in [1.82, 2.24) is 14.8 Å². The van der Waals surface area contributed by atoms with Crippen LogP contribution in [0.1, 0.15) is 42.1 Å². The summed E-state index contributed by atoms with van der Waals surface area (Å²) in [6, 6.07) is 21.2. The maximum atomic E-state index is 13.6. The van der Waals surface area contributed by atoms with Crippen molar-refractivity contribution in [1.29, 1.82) is 0 Å². The van der Waals surface area contributed by atoms with Gasteiger partial charge in [-0.3, -0.25) is 4.79 Å². The van der Waals surface area contributed by atoms with Gasteiger partial charge in [-0.15, -0.1) is 0 Å². The van der Waals surface area contributed by atoms with Gasteiger partial charge >= 0.3 is 0 Å². The van der Waals surface area contributed by atoms with Crippen LogP contribution in [0.25, 0.3) is 0 Å². The number of anilines is 2. The molecule has 0 saturated heterocycles. The summed E-state index contributed by atoms with van der Waals surface area (Å²) in [6.45, 7) is 8.77. The van der Waals surface area contributed by atoms with Crippen molar-refractivity contribution < 1.29 is 14.3 Å². The predicted molar refractivity (Wildman–Crippen MR) is 147 cm³/mol. The van der Waals surface area contributed by atoms with E-state index in [0.717, 1.165) is 22.4 Å². The van der Waals surface area contributed by atoms with Gasteiger partial charge in [-0.2, -0.15) is 10.1 Å². The van der Waals surface area contributed by atoms with E-state index in [9.17, 15) is 4.79 Å². The molecule has 1 amide bonds. The highest BCUT2D eigenvalue weighted by molar-refractivity contribution is 6.06. The molecule has 194 valence electrons. The highest BCUT2D eigenvalue weighted by Gasteiger charge is 2.34. The standard InChI is InChI=1S/C30H31N5O3/c1-5-37-26-16-23(11-14-25(26)38-17-22-8-6-7-20(3)15-22)28-27(21(4)33-30-31-18-32-35(28)30)29(36)34-24-12-9-19(2)10-13-24/h6-16,18,28H,5,17H2,1-4H3,(H,34,36)(H,31,32,33). The van der Waals surface area contributed by atoms with Crippen molar-refractivity contribution in [2.75, 3.05) is 17.2 Å². The highest BCUT2D eigenvalue weighted by Crippen LogP contribution is 2.39. The summed E-state index contributed by atoms with van der Waals surface area (Å²) < 4.78 is 13.8. The molecule has 3 aromatic carbocycles. The first-order valence-corrected chi connectivity index (χ1v) is 12.6. The van der Waals surface area contributed by atoms with Gasteiger partial charge in [-0.1, -0.05) is 53.6 Å². The topological polar surface area (TPSA) is 90.3 Å². The molecule has 4 aromatic rings. The second-order valence-corrected chi connectivity index (χ2v) is 9.33. The maximum absolute atomic E-state index is 13.6. The van der Waals surface area contributed by atoms with Crippen LogP contribution in [0.4, 0.5) is 11.6 Å². The third-order valence-electron chi connectivity index (χ3n) is 6.41. The first-order valence-electron chi connectivity index (χ1n) is 12.6. The van der Waals surface area contributed by atoms with E-state index in [1.807, 2.05) is 75.4 Å². The van der Waals surface area contributed by atoms with Gasteiger partial charge in [0, 0.05) is 11.4 Å². The minimum Gasteiger partial charge on any atom is -0.490 e. The number of benzene rings is 3. The number of nitrogens with zero attached hydrogens (tertiary/aromatic N) is 3. The van der Waals surface area contributed by atoms with E-state index < -0.39 is 6.04 Å². The fourth-order valence-electron chi connectivity index (χ4n) is 4.57. The number of hydrogen-bond acceptors (Lipinski definition) is 6. The number of carbonyl (C=O) groups excluding carboxylic acids is 1. The zero-order valence-corrected chi connectivity index (χ0v) is 22.0. The number of nitrogens with one attached hydrogen (secondary N) is 2. The monoisotopic (exact) mass is 509 g/mol. The van der Waals surface area contributed by atoms with Gasteiger partial charge in [0.2, 0.25) is 5.95 Å². The van der Waals surface area contributed by atoms with Gasteiger partial charge in [0.15, 0.2) is 11.5 Å². The first-order chi connectivity index (χ1) is 18.4. The van der Waals surface area contributed by atoms with Gasteiger partial charge in [0.05, 0.1) is 12.2 Å². The van der Waals surface area contributed by atoms with E-state index in [1.165, 1.54) is 11.9 Å². The Kier molecular flexibility index (Phi) is 7.13. The van der Waals surface area contributed by atoms with Gasteiger partial charge in [0.25, 0.3) is 5.91 Å². The molecule has 8 nitrogen and oxygen atoms in total. The Labute approximate surface area is 222 Å². The zero-order chi connectivity index (χ0) is 26.6. The van der Waals surface area contributed by atoms with Crippen LogP contribution < -0.4 is 20.1 Å². The number of rotatable bonds is 8. The number of allylic oxidation sites excluding steroid dienone is 1. The van der Waals surface area contributed by atoms with E-state index in [1.54, 1.807) is 4.68 Å². The smallest absolute Gasteiger partial charge is 0.255 e. The molecule has 38 heavy (non-hydrogen) atoms. The van der Waals surface area contributed by atoms with Gasteiger partial charge in [-0.25, -0.2) is 4.68 Å². The number of hydrogen-bond donors (Lipinski definition) is 2. The number of ether oxygens (including phenoxy) is 2. The zero-order valence-electron chi connectivity index (χ0n) is 22.0. The van der Waals surface area contributed by atoms with Gasteiger partial charge < -0.3 is 20.1 Å². The van der Waals surface area contributed by atoms with E-state index >= 15 is 0 Å². The summed E-state index contributed by atoms with van der Waals surface area (Å²) in [4.78, 5) is 18.0. The molecular formula is C30H31N5O3. The quantitative estimate of drug-likeness (QED) is 0.312. The van der Waals surface area contributed by atoms with E-state index in [-0.39, 0.29) is 5.91 Å². The normalized spacial score (nSPS) is 14.5. The molecule has 2 N–H and O–H groups in total. The van der Waals surface area contributed by atoms with Gasteiger partial charge in [0.1, 0.15) is 19.0 Å². The summed E-state index contributed by atoms with van der Waals surface area (Å²) in [6.07, 6.45) is 1.48. The van der Waals surface area contributed by atoms with Crippen LogP contribution in [-0.4, -0.2) is 27.3 Å². The Hall–Kier alpha value is -4.59. The van der Waals surface area contributed by atoms with Crippen molar-refractivity contribution in [3.63, 3.8) is 0 Å². The van der Waals surface area contributed by atoms with Crippen LogP contribution in [0.3, 0.4) is 0 Å². The second kappa shape index (κ2) is 10.8. The van der Waals surface area contributed by atoms with Crippen LogP contribution in [0.15, 0.2) is 84.3 Å². The number of aryl methyl sites for hydroxylation is 2. The van der Waals surface area contributed by atoms with Crippen molar-refractivity contribution in [3.8, 4) is 11.5 Å². The molecule has 1 atom stereocenters. The largest absolute Gasteiger partial charge is 0.490 e. The van der Waals surface area contributed by atoms with Gasteiger partial charge in [-0.05, 0) is 63.1 Å². The molecule has 2 heterocycles. The van der Waals surface area contributed by atoms with Crippen molar-refractivity contribution in [2.24, 2.45) is 0 Å². The third kappa shape index (κ3) is 5.25. The molecular weight excluding hydrogens is 478 g/mol. The molecule has 0 saturated carbocycles. The van der Waals surface area contributed by atoms with Crippen LogP contribution in [0.5, 0.6) is 11.5 Å². The second-order valence-electron chi connectivity index (χ2n) is 9.33. The highest BCUT2D eigenvalue weighted by atomic mass is 16.5. The first kappa shape index (κ1) is 25.1. The average Bonchev–Trinajstić information content (AvgIpc) is 3.36. The SMILES string of the molecule is CCOc1cc(C2C(C(=O)Nc3ccc(C)cc3)=C(C)Nc3ncnn32)ccc1OCc1cccc(C)c1. The molecule has 1 unspecified atom stereocenters. The van der Waals surface area contributed by atoms with Crippen molar-refractivity contribution in [2.45, 2.75) is 40.3 Å². The average molecular weight is 510 g/mol. The summed E-state index contributed by atoms with van der Waals surface area (Å²) in [5.41, 5.74) is 6.18. The lowest BCUT2D eigenvalue weighted by Crippen LogP contribution is -2.31. The fraction of sp³-hybridized carbons (Fsp3) is 0.233. The Balaban J connectivity index is 1.48. The minimum atomic E-state index is -0.510. The number of aromatic nitrogens is 3. The summed E-state index contributed by atoms with van der Waals surface area (Å²) >= 11 is 0. The molecule has 0 bridgehead atoms. The Morgan fingerprint density at radius 2 is 1.79 bits per heavy atom. The molecule has 0 aliphatic carbocycles. The maximum Gasteiger partial charge on any atom is 0.255 e. The van der Waals surface area contributed by atoms with Crippen LogP contribution >= 0.6 is 0 Å². The van der Waals surface area contributed by atoms with E-state index in [0.29, 0.717) is 41.9 Å². The van der Waals surface area contributed by atoms with Crippen LogP contribution in [0.2, 0.25) is 0 Å². The molecule has 1 aromatic heterocycles. The van der Waals surface area contributed by atoms with E-state index in [4.69, 9.17) is 9.47 Å². The lowest BCUT2D eigenvalue weighted by atomic mass is 9.94. The fourth-order valence-corrected chi connectivity index (χ4v) is 4.57. The Morgan fingerprint density at radius 3 is 2.55 bits per heavy atom. The van der Waals surface area contributed by atoms with Crippen LogP contribution in [0, 0.1) is 13.8 Å². The lowest BCUT2D eigenvalue weighted by Gasteiger charge is -2.29. The molecule has 1 aliphatic rings. The van der Waals surface area contributed by atoms with Crippen molar-refractivity contribution >= 4 is 17.5 Å². The Morgan fingerprint density at radius 1 is 0.974 bits per heavy atom. The molecule has 5 rings (SSSR count). The van der Waals surface area contributed by atoms with Crippen molar-refractivity contribution in [3.05, 3.63) is 107 Å². The molecule has 8 heteroatoms. The minimum absolute atomic E-state index is 0.220. The Bertz CT molecular complexity index is 1490. The third-order valence-corrected chi connectivity index (χ3v) is 6.41. The summed E-state index contributed by atoms with van der Waals surface area (Å²) in [5.74, 6) is 1.59. The molecule has 1 aliphatic heterocycles. The summed E-state index contributed by atoms with van der Waals surface area (Å²) in [7, 11) is 0. The number of fused-ring (bicyclic) bond motifs is 1. The molecule has 0 radical (unpaired) electrons. The van der Waals surface area contributed by atoms with Crippen LogP contribution in [-0.2, 0) is 11.4 Å². The van der Waals surface area contributed by atoms with E-state index in [2.05, 4.69) is 39.8 Å². The summed E-state index contributed by atoms with van der Waals surface area (Å²) in [5, 5.41) is 10.7. The lowest BCUT2D eigenvalue weighted by molar-refractivity contribution is -0.113. The number of amides is 1. The predicted octanol–water partition coefficient (Wildman–Crippen LogP) is 5.80. The molecule has 0 spiro atoms. The number of carbonyl (C=O) groups is 1. The molecule has 0 fully saturated rings.